The number of nitrogens with two attached hydrogens (primary N) is 1. The summed E-state index contributed by atoms with van der Waals surface area (Å²) in [6.45, 7) is 2.50. The highest BCUT2D eigenvalue weighted by molar-refractivity contribution is 7.86. The second-order valence-electron chi connectivity index (χ2n) is 3.51. The van der Waals surface area contributed by atoms with Crippen LogP contribution in [0.15, 0.2) is 23.1 Å². The molecule has 1 aromatic rings. The molecule has 6 nitrogen and oxygen atoms in total. The highest BCUT2D eigenvalue weighted by atomic mass is 32.2. The van der Waals surface area contributed by atoms with Crippen LogP contribution in [0.25, 0.3) is 0 Å². The lowest BCUT2D eigenvalue weighted by molar-refractivity contribution is 0.302. The summed E-state index contributed by atoms with van der Waals surface area (Å²) in [7, 11) is -4.33. The van der Waals surface area contributed by atoms with Gasteiger partial charge >= 0.3 is 0 Å². The summed E-state index contributed by atoms with van der Waals surface area (Å²) in [5, 5.41) is 8.90. The molecule has 0 heterocycles. The Morgan fingerprint density at radius 3 is 2.53 bits per heavy atom. The maximum atomic E-state index is 11.2. The lowest BCUT2D eigenvalue weighted by atomic mass is 10.2. The van der Waals surface area contributed by atoms with E-state index in [-0.39, 0.29) is 23.7 Å². The molecule has 96 valence electrons. The normalized spacial score (nSPS) is 11.5. The Kier molecular flexibility index (Phi) is 4.33. The summed E-state index contributed by atoms with van der Waals surface area (Å²) >= 11 is 0. The van der Waals surface area contributed by atoms with E-state index in [1.54, 1.807) is 11.0 Å². The van der Waals surface area contributed by atoms with Crippen molar-refractivity contribution in [1.29, 1.82) is 0 Å². The Morgan fingerprint density at radius 1 is 1.41 bits per heavy atom. The van der Waals surface area contributed by atoms with Crippen LogP contribution in [0.5, 0.6) is 0 Å². The molecule has 0 aliphatic carbocycles. The summed E-state index contributed by atoms with van der Waals surface area (Å²) < 4.78 is 31.6. The van der Waals surface area contributed by atoms with Crippen LogP contribution in [0.1, 0.15) is 6.92 Å². The summed E-state index contributed by atoms with van der Waals surface area (Å²) in [5.41, 5.74) is 6.08. The first-order valence-electron chi connectivity index (χ1n) is 5.13. The van der Waals surface area contributed by atoms with Crippen molar-refractivity contribution in [3.8, 4) is 0 Å². The molecular weight excluding hydrogens is 244 g/mol. The zero-order valence-electron chi connectivity index (χ0n) is 9.50. The van der Waals surface area contributed by atoms with E-state index in [0.29, 0.717) is 12.2 Å². The molecule has 0 saturated heterocycles. The van der Waals surface area contributed by atoms with Gasteiger partial charge in [-0.3, -0.25) is 4.55 Å². The van der Waals surface area contributed by atoms with Crippen LogP contribution >= 0.6 is 0 Å². The molecule has 0 radical (unpaired) electrons. The van der Waals surface area contributed by atoms with Crippen molar-refractivity contribution in [2.24, 2.45) is 0 Å². The molecule has 4 N–H and O–H groups in total. The van der Waals surface area contributed by atoms with Gasteiger partial charge in [0, 0.05) is 18.8 Å². The van der Waals surface area contributed by atoms with Gasteiger partial charge in [-0.2, -0.15) is 8.42 Å². The Balaban J connectivity index is 3.32. The van der Waals surface area contributed by atoms with Crippen molar-refractivity contribution in [1.82, 2.24) is 0 Å². The van der Waals surface area contributed by atoms with Gasteiger partial charge in [-0.15, -0.1) is 0 Å². The molecular formula is C10H16N2O4S. The molecule has 0 aliphatic rings. The summed E-state index contributed by atoms with van der Waals surface area (Å²) in [4.78, 5) is 1.40. The molecule has 0 spiro atoms. The Morgan fingerprint density at radius 2 is 2.06 bits per heavy atom. The fourth-order valence-corrected chi connectivity index (χ4v) is 2.31. The van der Waals surface area contributed by atoms with Gasteiger partial charge < -0.3 is 15.7 Å². The molecule has 17 heavy (non-hydrogen) atoms. The average Bonchev–Trinajstić information content (AvgIpc) is 2.25. The van der Waals surface area contributed by atoms with Crippen LogP contribution in [-0.2, 0) is 10.1 Å². The third-order valence-corrected chi connectivity index (χ3v) is 3.24. The number of benzene rings is 1. The van der Waals surface area contributed by atoms with Crippen molar-refractivity contribution in [3.05, 3.63) is 18.2 Å². The van der Waals surface area contributed by atoms with Crippen molar-refractivity contribution in [3.63, 3.8) is 0 Å². The van der Waals surface area contributed by atoms with E-state index in [4.69, 9.17) is 15.4 Å². The first-order valence-corrected chi connectivity index (χ1v) is 6.57. The van der Waals surface area contributed by atoms with Gasteiger partial charge in [0.05, 0.1) is 12.3 Å². The SMILES string of the molecule is CCN(CCO)c1ccc(N)cc1S(=O)(=O)O. The Labute approximate surface area is 100 Å². The van der Waals surface area contributed by atoms with Gasteiger partial charge in [0.25, 0.3) is 10.1 Å². The monoisotopic (exact) mass is 260 g/mol. The molecule has 0 bridgehead atoms. The fraction of sp³-hybridized carbons (Fsp3) is 0.400. The standard InChI is InChI=1S/C10H16N2O4S/c1-2-12(5-6-13)9-4-3-8(11)7-10(9)17(14,15)16/h3-4,7,13H,2,5-6,11H2,1H3,(H,14,15,16). The zero-order valence-corrected chi connectivity index (χ0v) is 10.3. The van der Waals surface area contributed by atoms with Gasteiger partial charge in [-0.1, -0.05) is 0 Å². The van der Waals surface area contributed by atoms with Crippen LogP contribution in [-0.4, -0.2) is 37.8 Å². The summed E-state index contributed by atoms with van der Waals surface area (Å²) in [6.07, 6.45) is 0. The first kappa shape index (κ1) is 13.8. The van der Waals surface area contributed by atoms with E-state index in [9.17, 15) is 8.42 Å². The van der Waals surface area contributed by atoms with Crippen LogP contribution in [0.4, 0.5) is 11.4 Å². The molecule has 7 heteroatoms. The van der Waals surface area contributed by atoms with Crippen molar-refractivity contribution in [2.45, 2.75) is 11.8 Å². The molecule has 0 unspecified atom stereocenters. The van der Waals surface area contributed by atoms with Crippen molar-refractivity contribution < 1.29 is 18.1 Å². The highest BCUT2D eigenvalue weighted by Crippen LogP contribution is 2.27. The number of hydrogen-bond donors (Lipinski definition) is 3. The molecule has 0 atom stereocenters. The molecule has 0 aliphatic heterocycles. The number of nitrogens with zero attached hydrogens (tertiary/aromatic N) is 1. The van der Waals surface area contributed by atoms with Gasteiger partial charge in [0.15, 0.2) is 0 Å². The van der Waals surface area contributed by atoms with E-state index in [1.807, 2.05) is 6.92 Å². The quantitative estimate of drug-likeness (QED) is 0.521. The van der Waals surface area contributed by atoms with E-state index in [1.165, 1.54) is 12.1 Å². The Bertz CT molecular complexity index is 487. The molecule has 0 saturated carbocycles. The van der Waals surface area contributed by atoms with Gasteiger partial charge in [0.2, 0.25) is 0 Å². The first-order chi connectivity index (χ1) is 7.90. The number of rotatable bonds is 5. The minimum atomic E-state index is -4.33. The molecule has 0 amide bonds. The van der Waals surface area contributed by atoms with E-state index >= 15 is 0 Å². The molecule has 1 rings (SSSR count). The van der Waals surface area contributed by atoms with E-state index in [2.05, 4.69) is 0 Å². The second kappa shape index (κ2) is 5.35. The minimum absolute atomic E-state index is 0.108. The van der Waals surface area contributed by atoms with Gasteiger partial charge in [0.1, 0.15) is 4.90 Å². The lowest BCUT2D eigenvalue weighted by Gasteiger charge is -2.24. The van der Waals surface area contributed by atoms with Crippen LogP contribution in [0.2, 0.25) is 0 Å². The van der Waals surface area contributed by atoms with Gasteiger partial charge in [-0.05, 0) is 25.1 Å². The average molecular weight is 260 g/mol. The van der Waals surface area contributed by atoms with Crippen molar-refractivity contribution in [2.75, 3.05) is 30.3 Å². The zero-order chi connectivity index (χ0) is 13.1. The van der Waals surface area contributed by atoms with E-state index in [0.717, 1.165) is 0 Å². The predicted molar refractivity (Wildman–Crippen MR) is 65.6 cm³/mol. The Hall–Kier alpha value is -1.31. The maximum absolute atomic E-state index is 11.2. The van der Waals surface area contributed by atoms with Crippen molar-refractivity contribution >= 4 is 21.5 Å². The van der Waals surface area contributed by atoms with Crippen LogP contribution < -0.4 is 10.6 Å². The fourth-order valence-electron chi connectivity index (χ4n) is 1.57. The van der Waals surface area contributed by atoms with E-state index < -0.39 is 10.1 Å². The third kappa shape index (κ3) is 3.32. The minimum Gasteiger partial charge on any atom is -0.399 e. The molecule has 0 fully saturated rings. The number of aliphatic hydroxyl groups is 1. The molecule has 0 aromatic heterocycles. The van der Waals surface area contributed by atoms with Gasteiger partial charge in [-0.25, -0.2) is 0 Å². The third-order valence-electron chi connectivity index (χ3n) is 2.35. The largest absolute Gasteiger partial charge is 0.399 e. The highest BCUT2D eigenvalue weighted by Gasteiger charge is 2.19. The number of likely N-dealkylation sites (N-methyl/N-ethyl adjacent to an activating group) is 1. The molecule has 1 aromatic carbocycles. The number of nitrogen functional groups attached to an aromatic ring is 1. The second-order valence-corrected chi connectivity index (χ2v) is 4.90. The summed E-state index contributed by atoms with van der Waals surface area (Å²) in [5.74, 6) is 0. The topological polar surface area (TPSA) is 104 Å². The maximum Gasteiger partial charge on any atom is 0.296 e. The summed E-state index contributed by atoms with van der Waals surface area (Å²) in [6, 6.07) is 4.26. The van der Waals surface area contributed by atoms with Crippen LogP contribution in [0, 0.1) is 0 Å². The number of aliphatic hydroxyl groups excluding tert-OH is 1. The predicted octanol–water partition coefficient (Wildman–Crippen LogP) is 0.334. The number of anilines is 2. The van der Waals surface area contributed by atoms with Crippen LogP contribution in [0.3, 0.4) is 0 Å². The smallest absolute Gasteiger partial charge is 0.296 e. The lowest BCUT2D eigenvalue weighted by Crippen LogP contribution is -2.27. The number of hydrogen-bond acceptors (Lipinski definition) is 5.